The van der Waals surface area contributed by atoms with Crippen molar-refractivity contribution >= 4 is 54.2 Å². The zero-order chi connectivity index (χ0) is 26.0. The van der Waals surface area contributed by atoms with Crippen LogP contribution in [0.25, 0.3) is 10.2 Å². The largest absolute Gasteiger partial charge is 0.492 e. The third-order valence-corrected chi connectivity index (χ3v) is 10.0. The second-order valence-corrected chi connectivity index (χ2v) is 12.6. The second kappa shape index (κ2) is 11.2. The van der Waals surface area contributed by atoms with Crippen molar-refractivity contribution in [2.45, 2.75) is 43.6 Å². The maximum atomic E-state index is 13.9. The van der Waals surface area contributed by atoms with Crippen LogP contribution in [0.3, 0.4) is 0 Å². The van der Waals surface area contributed by atoms with Gasteiger partial charge in [0.1, 0.15) is 11.3 Å². The van der Waals surface area contributed by atoms with E-state index in [2.05, 4.69) is 0 Å². The van der Waals surface area contributed by atoms with Crippen LogP contribution in [0, 0.1) is 5.92 Å². The highest BCUT2D eigenvalue weighted by Gasteiger charge is 2.36. The maximum absolute atomic E-state index is 13.9. The van der Waals surface area contributed by atoms with Gasteiger partial charge in [0.05, 0.1) is 28.9 Å². The fraction of sp³-hybridized carbons (Fsp3) is 0.462. The van der Waals surface area contributed by atoms with Crippen molar-refractivity contribution in [2.24, 2.45) is 5.92 Å². The number of aromatic nitrogens is 1. The number of amides is 1. The van der Waals surface area contributed by atoms with E-state index in [0.29, 0.717) is 48.5 Å². The summed E-state index contributed by atoms with van der Waals surface area (Å²) in [7, 11) is -3.64. The molecule has 0 saturated carbocycles. The molecule has 8 nitrogen and oxygen atoms in total. The lowest BCUT2D eigenvalue weighted by Crippen LogP contribution is -2.46. The second-order valence-electron chi connectivity index (χ2n) is 9.25. The molecular weight excluding hydrogens is 534 g/mol. The average molecular weight is 564 g/mol. The standard InChI is InChI=1S/C26H30ClN3O5S2/c1-2-34-22-6-3-7-23-24(22)28-26(36-23)30(17-20-5-4-16-35-20)25(31)18-12-14-29(15-13-18)37(32,33)21-10-8-19(27)9-11-21/h3,6-11,18,20H,2,4-5,12-17H2,1H3. The number of ether oxygens (including phenoxy) is 2. The first-order chi connectivity index (χ1) is 17.9. The van der Waals surface area contributed by atoms with Crippen molar-refractivity contribution in [3.8, 4) is 5.75 Å². The molecule has 0 N–H and O–H groups in total. The van der Waals surface area contributed by atoms with Gasteiger partial charge in [0, 0.05) is 30.6 Å². The summed E-state index contributed by atoms with van der Waals surface area (Å²) in [6.07, 6.45) is 2.73. The third kappa shape index (κ3) is 5.63. The van der Waals surface area contributed by atoms with Crippen molar-refractivity contribution in [2.75, 3.05) is 37.7 Å². The minimum Gasteiger partial charge on any atom is -0.492 e. The number of hydrogen-bond donors (Lipinski definition) is 0. The van der Waals surface area contributed by atoms with Crippen molar-refractivity contribution in [1.29, 1.82) is 0 Å². The Kier molecular flexibility index (Phi) is 8.02. The summed E-state index contributed by atoms with van der Waals surface area (Å²) in [5, 5.41) is 1.11. The Morgan fingerprint density at radius 3 is 2.62 bits per heavy atom. The van der Waals surface area contributed by atoms with Crippen molar-refractivity contribution in [3.63, 3.8) is 0 Å². The van der Waals surface area contributed by atoms with E-state index in [1.807, 2.05) is 25.1 Å². The number of carbonyl (C=O) groups is 1. The topological polar surface area (TPSA) is 89.0 Å². The van der Waals surface area contributed by atoms with Crippen LogP contribution >= 0.6 is 22.9 Å². The fourth-order valence-electron chi connectivity index (χ4n) is 4.87. The van der Waals surface area contributed by atoms with Gasteiger partial charge in [0.15, 0.2) is 5.13 Å². The molecule has 11 heteroatoms. The fourth-order valence-corrected chi connectivity index (χ4v) is 7.47. The van der Waals surface area contributed by atoms with E-state index in [0.717, 1.165) is 23.1 Å². The van der Waals surface area contributed by atoms with Crippen LogP contribution in [0.2, 0.25) is 5.02 Å². The zero-order valence-electron chi connectivity index (χ0n) is 20.6. The van der Waals surface area contributed by atoms with Crippen LogP contribution in [-0.2, 0) is 19.6 Å². The van der Waals surface area contributed by atoms with E-state index >= 15 is 0 Å². The third-order valence-electron chi connectivity index (χ3n) is 6.83. The van der Waals surface area contributed by atoms with Crippen LogP contribution in [0.1, 0.15) is 32.6 Å². The predicted octanol–water partition coefficient (Wildman–Crippen LogP) is 4.96. The molecule has 198 valence electrons. The SMILES string of the molecule is CCOc1cccc2sc(N(CC3CCCO3)C(=O)C3CCN(S(=O)(=O)c4ccc(Cl)cc4)CC3)nc12. The Morgan fingerprint density at radius 2 is 1.95 bits per heavy atom. The van der Waals surface area contributed by atoms with E-state index in [9.17, 15) is 13.2 Å². The van der Waals surface area contributed by atoms with E-state index in [1.54, 1.807) is 17.0 Å². The molecule has 5 rings (SSSR count). The molecule has 0 bridgehead atoms. The summed E-state index contributed by atoms with van der Waals surface area (Å²) < 4.78 is 40.2. The first kappa shape index (κ1) is 26.4. The molecule has 1 amide bonds. The van der Waals surface area contributed by atoms with Gasteiger partial charge in [-0.15, -0.1) is 0 Å². The van der Waals surface area contributed by atoms with Gasteiger partial charge in [-0.2, -0.15) is 4.31 Å². The molecule has 1 unspecified atom stereocenters. The summed E-state index contributed by atoms with van der Waals surface area (Å²) in [5.74, 6) is 0.375. The molecule has 2 aliphatic rings. The minimum atomic E-state index is -3.64. The number of anilines is 1. The molecule has 0 radical (unpaired) electrons. The highest BCUT2D eigenvalue weighted by atomic mass is 35.5. The zero-order valence-corrected chi connectivity index (χ0v) is 23.0. The molecule has 0 aliphatic carbocycles. The average Bonchev–Trinajstić information content (AvgIpc) is 3.58. The van der Waals surface area contributed by atoms with E-state index in [4.69, 9.17) is 26.1 Å². The van der Waals surface area contributed by atoms with Gasteiger partial charge in [0.25, 0.3) is 0 Å². The molecule has 3 heterocycles. The van der Waals surface area contributed by atoms with E-state index in [-0.39, 0.29) is 35.9 Å². The number of nitrogens with zero attached hydrogens (tertiary/aromatic N) is 3. The molecule has 2 aromatic carbocycles. The number of halogens is 1. The normalized spacial score (nSPS) is 19.4. The lowest BCUT2D eigenvalue weighted by Gasteiger charge is -2.33. The molecule has 1 atom stereocenters. The Balaban J connectivity index is 1.35. The highest BCUT2D eigenvalue weighted by molar-refractivity contribution is 7.89. The number of fused-ring (bicyclic) bond motifs is 1. The molecule has 2 saturated heterocycles. The minimum absolute atomic E-state index is 0.0314. The van der Waals surface area contributed by atoms with E-state index < -0.39 is 10.0 Å². The summed E-state index contributed by atoms with van der Waals surface area (Å²) in [6, 6.07) is 12.0. The lowest BCUT2D eigenvalue weighted by molar-refractivity contribution is -0.123. The van der Waals surface area contributed by atoms with Crippen molar-refractivity contribution in [1.82, 2.24) is 9.29 Å². The smallest absolute Gasteiger partial charge is 0.243 e. The number of hydrogen-bond acceptors (Lipinski definition) is 7. The quantitative estimate of drug-likeness (QED) is 0.385. The molecule has 0 spiro atoms. The van der Waals surface area contributed by atoms with Crippen LogP contribution in [-0.4, -0.2) is 62.6 Å². The number of carbonyl (C=O) groups excluding carboxylic acids is 1. The molecular formula is C26H30ClN3O5S2. The number of benzene rings is 2. The predicted molar refractivity (Wildman–Crippen MR) is 145 cm³/mol. The summed E-state index contributed by atoms with van der Waals surface area (Å²) >= 11 is 7.39. The Labute approximate surface area is 226 Å². The molecule has 37 heavy (non-hydrogen) atoms. The first-order valence-corrected chi connectivity index (χ1v) is 15.2. The maximum Gasteiger partial charge on any atom is 0.243 e. The Hall–Kier alpha value is -2.24. The highest BCUT2D eigenvalue weighted by Crippen LogP contribution is 2.36. The number of rotatable bonds is 8. The molecule has 2 aliphatic heterocycles. The van der Waals surface area contributed by atoms with Gasteiger partial charge in [-0.05, 0) is 69.0 Å². The number of para-hydroxylation sites is 1. The molecule has 3 aromatic rings. The van der Waals surface area contributed by atoms with E-state index in [1.165, 1.54) is 27.8 Å². The van der Waals surface area contributed by atoms with Crippen LogP contribution in [0.5, 0.6) is 5.75 Å². The number of thiazole rings is 1. The Morgan fingerprint density at radius 1 is 1.19 bits per heavy atom. The summed E-state index contributed by atoms with van der Waals surface area (Å²) in [6.45, 7) is 4.15. The summed E-state index contributed by atoms with van der Waals surface area (Å²) in [4.78, 5) is 20.6. The van der Waals surface area contributed by atoms with Gasteiger partial charge in [-0.3, -0.25) is 9.69 Å². The summed E-state index contributed by atoms with van der Waals surface area (Å²) in [5.41, 5.74) is 0.748. The first-order valence-electron chi connectivity index (χ1n) is 12.6. The lowest BCUT2D eigenvalue weighted by atomic mass is 9.96. The van der Waals surface area contributed by atoms with Gasteiger partial charge < -0.3 is 9.47 Å². The molecule has 1 aromatic heterocycles. The van der Waals surface area contributed by atoms with Gasteiger partial charge in [-0.1, -0.05) is 29.0 Å². The Bertz CT molecular complexity index is 1350. The van der Waals surface area contributed by atoms with Crippen molar-refractivity contribution in [3.05, 3.63) is 47.5 Å². The van der Waals surface area contributed by atoms with Gasteiger partial charge >= 0.3 is 0 Å². The van der Waals surface area contributed by atoms with Gasteiger partial charge in [0.2, 0.25) is 15.9 Å². The number of sulfonamides is 1. The van der Waals surface area contributed by atoms with Crippen molar-refractivity contribution < 1.29 is 22.7 Å². The van der Waals surface area contributed by atoms with Crippen LogP contribution in [0.4, 0.5) is 5.13 Å². The van der Waals surface area contributed by atoms with Gasteiger partial charge in [-0.25, -0.2) is 13.4 Å². The number of piperidine rings is 1. The van der Waals surface area contributed by atoms with Crippen LogP contribution < -0.4 is 9.64 Å². The van der Waals surface area contributed by atoms with Crippen LogP contribution in [0.15, 0.2) is 47.4 Å². The monoisotopic (exact) mass is 563 g/mol. The molecule has 2 fully saturated rings.